The monoisotopic (exact) mass is 342 g/mol. The number of nitrogens with zero attached hydrogens (tertiary/aromatic N) is 4. The fourth-order valence-corrected chi connectivity index (χ4v) is 1.90. The molecule has 100 valence electrons. The van der Waals surface area contributed by atoms with Gasteiger partial charge < -0.3 is 16.0 Å². The molecule has 2 aromatic rings. The SMILES string of the molecule is CN(C)c1nc(N)nc(Nc2cccc(Cl)c2Br)n1. The molecule has 0 fully saturated rings. The van der Waals surface area contributed by atoms with Crippen molar-refractivity contribution < 1.29 is 0 Å². The van der Waals surface area contributed by atoms with Crippen molar-refractivity contribution in [1.29, 1.82) is 0 Å². The quantitative estimate of drug-likeness (QED) is 0.892. The molecule has 1 heterocycles. The van der Waals surface area contributed by atoms with Gasteiger partial charge in [0, 0.05) is 14.1 Å². The van der Waals surface area contributed by atoms with Gasteiger partial charge >= 0.3 is 0 Å². The number of nitrogens with two attached hydrogens (primary N) is 1. The van der Waals surface area contributed by atoms with E-state index in [0.29, 0.717) is 16.9 Å². The molecule has 2 rings (SSSR count). The average Bonchev–Trinajstić information content (AvgIpc) is 2.34. The molecule has 0 saturated heterocycles. The molecule has 0 unspecified atom stereocenters. The number of nitrogen functional groups attached to an aromatic ring is 1. The number of benzene rings is 1. The normalized spacial score (nSPS) is 10.3. The van der Waals surface area contributed by atoms with E-state index >= 15 is 0 Å². The molecular formula is C11H12BrClN6. The number of hydrogen-bond donors (Lipinski definition) is 2. The van der Waals surface area contributed by atoms with Crippen molar-refractivity contribution in [2.45, 2.75) is 0 Å². The lowest BCUT2D eigenvalue weighted by Gasteiger charge is -2.13. The highest BCUT2D eigenvalue weighted by Gasteiger charge is 2.09. The maximum atomic E-state index is 6.02. The smallest absolute Gasteiger partial charge is 0.233 e. The fraction of sp³-hybridized carbons (Fsp3) is 0.182. The van der Waals surface area contributed by atoms with Crippen LogP contribution in [0.5, 0.6) is 0 Å². The standard InChI is InChI=1S/C11H12BrClN6/c1-19(2)11-17-9(14)16-10(18-11)15-7-5-3-4-6(13)8(7)12/h3-5H,1-2H3,(H3,14,15,16,17,18). The van der Waals surface area contributed by atoms with Gasteiger partial charge in [-0.15, -0.1) is 0 Å². The van der Waals surface area contributed by atoms with Crippen LogP contribution in [-0.2, 0) is 0 Å². The second-order valence-electron chi connectivity index (χ2n) is 3.94. The Balaban J connectivity index is 2.35. The van der Waals surface area contributed by atoms with E-state index in [4.69, 9.17) is 17.3 Å². The number of hydrogen-bond acceptors (Lipinski definition) is 6. The number of aromatic nitrogens is 3. The predicted molar refractivity (Wildman–Crippen MR) is 81.0 cm³/mol. The summed E-state index contributed by atoms with van der Waals surface area (Å²) in [4.78, 5) is 14.0. The largest absolute Gasteiger partial charge is 0.368 e. The Morgan fingerprint density at radius 2 is 2.00 bits per heavy atom. The molecular weight excluding hydrogens is 332 g/mol. The molecule has 8 heteroatoms. The van der Waals surface area contributed by atoms with Crippen LogP contribution in [0.4, 0.5) is 23.5 Å². The van der Waals surface area contributed by atoms with E-state index < -0.39 is 0 Å². The van der Waals surface area contributed by atoms with Crippen molar-refractivity contribution in [1.82, 2.24) is 15.0 Å². The lowest BCUT2D eigenvalue weighted by Crippen LogP contribution is -2.15. The third kappa shape index (κ3) is 3.24. The first-order valence-corrected chi connectivity index (χ1v) is 6.54. The Morgan fingerprint density at radius 3 is 2.68 bits per heavy atom. The van der Waals surface area contributed by atoms with Crippen LogP contribution >= 0.6 is 27.5 Å². The first kappa shape index (κ1) is 13.8. The first-order chi connectivity index (χ1) is 8.97. The van der Waals surface area contributed by atoms with E-state index in [9.17, 15) is 0 Å². The lowest BCUT2D eigenvalue weighted by atomic mass is 10.3. The van der Waals surface area contributed by atoms with Crippen molar-refractivity contribution >= 4 is 51.1 Å². The van der Waals surface area contributed by atoms with E-state index in [0.717, 1.165) is 10.2 Å². The maximum absolute atomic E-state index is 6.02. The van der Waals surface area contributed by atoms with Gasteiger partial charge in [-0.2, -0.15) is 15.0 Å². The van der Waals surface area contributed by atoms with Gasteiger partial charge in [-0.3, -0.25) is 0 Å². The maximum Gasteiger partial charge on any atom is 0.233 e. The van der Waals surface area contributed by atoms with E-state index in [2.05, 4.69) is 36.2 Å². The highest BCUT2D eigenvalue weighted by molar-refractivity contribution is 9.10. The number of anilines is 4. The van der Waals surface area contributed by atoms with Crippen LogP contribution in [-0.4, -0.2) is 29.0 Å². The second kappa shape index (κ2) is 5.58. The van der Waals surface area contributed by atoms with Crippen LogP contribution < -0.4 is 16.0 Å². The Labute approximate surface area is 124 Å². The third-order valence-corrected chi connectivity index (χ3v) is 3.64. The van der Waals surface area contributed by atoms with Crippen molar-refractivity contribution in [3.05, 3.63) is 27.7 Å². The summed E-state index contributed by atoms with van der Waals surface area (Å²) in [5.74, 6) is 0.992. The minimum atomic E-state index is 0.152. The van der Waals surface area contributed by atoms with E-state index in [-0.39, 0.29) is 5.95 Å². The molecule has 0 aliphatic rings. The summed E-state index contributed by atoms with van der Waals surface area (Å²) >= 11 is 9.42. The zero-order valence-electron chi connectivity index (χ0n) is 10.4. The van der Waals surface area contributed by atoms with Gasteiger partial charge in [0.05, 0.1) is 15.2 Å². The molecule has 1 aromatic heterocycles. The van der Waals surface area contributed by atoms with E-state index in [1.54, 1.807) is 11.0 Å². The van der Waals surface area contributed by atoms with Crippen molar-refractivity contribution in [3.63, 3.8) is 0 Å². The Morgan fingerprint density at radius 1 is 1.26 bits per heavy atom. The predicted octanol–water partition coefficient (Wildman–Crippen LogP) is 2.68. The molecule has 0 bridgehead atoms. The number of rotatable bonds is 3. The summed E-state index contributed by atoms with van der Waals surface area (Å²) in [6.07, 6.45) is 0. The summed E-state index contributed by atoms with van der Waals surface area (Å²) in [6.45, 7) is 0. The van der Waals surface area contributed by atoms with Gasteiger partial charge in [0.1, 0.15) is 0 Å². The van der Waals surface area contributed by atoms with Crippen LogP contribution in [0.15, 0.2) is 22.7 Å². The van der Waals surface area contributed by atoms with Gasteiger partial charge in [-0.25, -0.2) is 0 Å². The van der Waals surface area contributed by atoms with Crippen molar-refractivity contribution in [2.75, 3.05) is 30.0 Å². The molecule has 6 nitrogen and oxygen atoms in total. The van der Waals surface area contributed by atoms with Gasteiger partial charge in [0.2, 0.25) is 17.8 Å². The highest BCUT2D eigenvalue weighted by atomic mass is 79.9. The summed E-state index contributed by atoms with van der Waals surface area (Å²) < 4.78 is 0.738. The summed E-state index contributed by atoms with van der Waals surface area (Å²) in [5.41, 5.74) is 6.40. The first-order valence-electron chi connectivity index (χ1n) is 5.37. The summed E-state index contributed by atoms with van der Waals surface area (Å²) in [6, 6.07) is 5.46. The van der Waals surface area contributed by atoms with Crippen LogP contribution in [0.2, 0.25) is 5.02 Å². The Kier molecular flexibility index (Phi) is 4.06. The lowest BCUT2D eigenvalue weighted by molar-refractivity contribution is 0.969. The molecule has 0 aliphatic heterocycles. The van der Waals surface area contributed by atoms with E-state index in [1.807, 2.05) is 26.2 Å². The average molecular weight is 344 g/mol. The zero-order chi connectivity index (χ0) is 14.0. The van der Waals surface area contributed by atoms with Crippen molar-refractivity contribution in [2.24, 2.45) is 0 Å². The van der Waals surface area contributed by atoms with Crippen LogP contribution in [0, 0.1) is 0 Å². The summed E-state index contributed by atoms with van der Waals surface area (Å²) in [7, 11) is 3.65. The fourth-order valence-electron chi connectivity index (χ4n) is 1.36. The molecule has 0 radical (unpaired) electrons. The topological polar surface area (TPSA) is 80.0 Å². The van der Waals surface area contributed by atoms with Crippen LogP contribution in [0.1, 0.15) is 0 Å². The minimum absolute atomic E-state index is 0.152. The summed E-state index contributed by atoms with van der Waals surface area (Å²) in [5, 5.41) is 3.65. The van der Waals surface area contributed by atoms with Gasteiger partial charge in [-0.05, 0) is 28.1 Å². The van der Waals surface area contributed by atoms with Gasteiger partial charge in [0.25, 0.3) is 0 Å². The molecule has 1 aromatic carbocycles. The second-order valence-corrected chi connectivity index (χ2v) is 5.14. The van der Waals surface area contributed by atoms with Crippen LogP contribution in [0.3, 0.4) is 0 Å². The Hall–Kier alpha value is -1.60. The molecule has 3 N–H and O–H groups in total. The molecule has 19 heavy (non-hydrogen) atoms. The number of nitrogens with one attached hydrogen (secondary N) is 1. The van der Waals surface area contributed by atoms with E-state index in [1.165, 1.54) is 0 Å². The molecule has 0 saturated carbocycles. The molecule has 0 spiro atoms. The van der Waals surface area contributed by atoms with Crippen molar-refractivity contribution in [3.8, 4) is 0 Å². The van der Waals surface area contributed by atoms with Gasteiger partial charge in [0.15, 0.2) is 0 Å². The highest BCUT2D eigenvalue weighted by Crippen LogP contribution is 2.31. The Bertz CT molecular complexity index is 604. The molecule has 0 aliphatic carbocycles. The number of halogens is 2. The van der Waals surface area contributed by atoms with Gasteiger partial charge in [-0.1, -0.05) is 17.7 Å². The third-order valence-electron chi connectivity index (χ3n) is 2.24. The minimum Gasteiger partial charge on any atom is -0.368 e. The van der Waals surface area contributed by atoms with Crippen LogP contribution in [0.25, 0.3) is 0 Å². The molecule has 0 amide bonds. The molecule has 0 atom stereocenters. The zero-order valence-corrected chi connectivity index (χ0v) is 12.7.